The van der Waals surface area contributed by atoms with Crippen LogP contribution >= 0.6 is 0 Å². The maximum absolute atomic E-state index is 13.5. The van der Waals surface area contributed by atoms with Crippen molar-refractivity contribution < 1.29 is 22.3 Å². The number of halogens is 4. The molecular formula is C15H10F4N4O. The van der Waals surface area contributed by atoms with Gasteiger partial charge in [0.25, 0.3) is 0 Å². The molecule has 1 aromatic heterocycles. The van der Waals surface area contributed by atoms with Gasteiger partial charge in [-0.25, -0.2) is 4.39 Å². The minimum atomic E-state index is -4.73. The highest BCUT2D eigenvalue weighted by molar-refractivity contribution is 5.54. The highest BCUT2D eigenvalue weighted by Crippen LogP contribution is 2.33. The molecule has 3 rings (SSSR count). The van der Waals surface area contributed by atoms with Crippen molar-refractivity contribution in [2.45, 2.75) is 12.8 Å². The maximum atomic E-state index is 13.5. The summed E-state index contributed by atoms with van der Waals surface area (Å²) in [4.78, 5) is 0. The molecule has 0 atom stereocenters. The molecule has 9 heteroatoms. The van der Waals surface area contributed by atoms with E-state index >= 15 is 0 Å². The van der Waals surface area contributed by atoms with Gasteiger partial charge in [-0.2, -0.15) is 18.4 Å². The van der Waals surface area contributed by atoms with Gasteiger partial charge in [-0.1, -0.05) is 18.2 Å². The first kappa shape index (κ1) is 15.9. The highest BCUT2D eigenvalue weighted by atomic mass is 19.4. The number of nitrogens with zero attached hydrogens (tertiary/aromatic N) is 3. The standard InChI is InChI=1S/C15H10F4N4O/c16-13-7-11(4-5-12(13)15(17,18)19)24-8-9-2-1-3-10(6-9)14-20-22-23-21-14/h1-7H,8H2,(H,20,21,22,23). The van der Waals surface area contributed by atoms with Crippen LogP contribution in [0.4, 0.5) is 17.6 Å². The molecule has 124 valence electrons. The molecule has 1 N–H and O–H groups in total. The SMILES string of the molecule is Fc1cc(OCc2cccc(-c3nn[nH]n3)c2)ccc1C(F)(F)F. The van der Waals surface area contributed by atoms with E-state index in [1.165, 1.54) is 0 Å². The van der Waals surface area contributed by atoms with E-state index in [1.807, 2.05) is 0 Å². The number of H-pyrrole nitrogens is 1. The molecule has 0 spiro atoms. The van der Waals surface area contributed by atoms with Gasteiger partial charge in [-0.3, -0.25) is 0 Å². The van der Waals surface area contributed by atoms with Crippen molar-refractivity contribution in [1.82, 2.24) is 20.6 Å². The number of benzene rings is 2. The van der Waals surface area contributed by atoms with Crippen molar-refractivity contribution >= 4 is 0 Å². The number of aromatic amines is 1. The second-order valence-corrected chi connectivity index (χ2v) is 4.86. The summed E-state index contributed by atoms with van der Waals surface area (Å²) < 4.78 is 56.4. The number of hydrogen-bond donors (Lipinski definition) is 1. The van der Waals surface area contributed by atoms with Gasteiger partial charge < -0.3 is 4.74 Å². The summed E-state index contributed by atoms with van der Waals surface area (Å²) in [5.74, 6) is -0.969. The van der Waals surface area contributed by atoms with Gasteiger partial charge in [0.1, 0.15) is 18.2 Å². The predicted octanol–water partition coefficient (Wildman–Crippen LogP) is 3.60. The van der Waals surface area contributed by atoms with E-state index in [1.54, 1.807) is 24.3 Å². The van der Waals surface area contributed by atoms with Gasteiger partial charge in [-0.15, -0.1) is 10.2 Å². The molecule has 0 aliphatic rings. The van der Waals surface area contributed by atoms with E-state index in [2.05, 4.69) is 20.6 Å². The average Bonchev–Trinajstić information content (AvgIpc) is 3.06. The zero-order chi connectivity index (χ0) is 17.2. The van der Waals surface area contributed by atoms with Crippen molar-refractivity contribution in [2.24, 2.45) is 0 Å². The Balaban J connectivity index is 1.72. The van der Waals surface area contributed by atoms with Crippen molar-refractivity contribution in [3.05, 3.63) is 59.4 Å². The van der Waals surface area contributed by atoms with Crippen LogP contribution < -0.4 is 4.74 Å². The van der Waals surface area contributed by atoms with Gasteiger partial charge in [0.2, 0.25) is 5.82 Å². The van der Waals surface area contributed by atoms with Crippen molar-refractivity contribution in [3.8, 4) is 17.1 Å². The molecule has 24 heavy (non-hydrogen) atoms. The van der Waals surface area contributed by atoms with Crippen LogP contribution in [0, 0.1) is 5.82 Å². The van der Waals surface area contributed by atoms with E-state index < -0.39 is 17.6 Å². The Kier molecular flexibility index (Phi) is 4.15. The first-order valence-electron chi connectivity index (χ1n) is 6.76. The van der Waals surface area contributed by atoms with Gasteiger partial charge in [0.15, 0.2) is 0 Å². The summed E-state index contributed by atoms with van der Waals surface area (Å²) in [7, 11) is 0. The Morgan fingerprint density at radius 3 is 2.58 bits per heavy atom. The van der Waals surface area contributed by atoms with Crippen LogP contribution in [0.15, 0.2) is 42.5 Å². The number of tetrazole rings is 1. The third-order valence-electron chi connectivity index (χ3n) is 3.18. The Bertz CT molecular complexity index is 834. The normalized spacial score (nSPS) is 11.5. The number of aromatic nitrogens is 4. The number of ether oxygens (including phenoxy) is 1. The monoisotopic (exact) mass is 338 g/mol. The van der Waals surface area contributed by atoms with Crippen LogP contribution in [0.5, 0.6) is 5.75 Å². The molecule has 0 saturated heterocycles. The second-order valence-electron chi connectivity index (χ2n) is 4.86. The summed E-state index contributed by atoms with van der Waals surface area (Å²) in [5.41, 5.74) is 0.0926. The summed E-state index contributed by atoms with van der Waals surface area (Å²) in [5, 5.41) is 13.5. The van der Waals surface area contributed by atoms with Crippen LogP contribution in [-0.2, 0) is 12.8 Å². The smallest absolute Gasteiger partial charge is 0.419 e. The fourth-order valence-electron chi connectivity index (χ4n) is 2.07. The van der Waals surface area contributed by atoms with E-state index in [-0.39, 0.29) is 12.4 Å². The van der Waals surface area contributed by atoms with Crippen LogP contribution in [0.1, 0.15) is 11.1 Å². The molecule has 1 heterocycles. The lowest BCUT2D eigenvalue weighted by atomic mass is 10.1. The molecule has 0 aliphatic carbocycles. The molecule has 0 fully saturated rings. The lowest BCUT2D eigenvalue weighted by molar-refractivity contribution is -0.140. The molecule has 0 saturated carbocycles. The molecule has 2 aromatic carbocycles. The van der Waals surface area contributed by atoms with Crippen LogP contribution in [0.3, 0.4) is 0 Å². The summed E-state index contributed by atoms with van der Waals surface area (Å²) in [6.07, 6.45) is -4.73. The van der Waals surface area contributed by atoms with Gasteiger partial charge in [-0.05, 0) is 29.0 Å². The van der Waals surface area contributed by atoms with Crippen molar-refractivity contribution in [1.29, 1.82) is 0 Å². The van der Waals surface area contributed by atoms with Crippen LogP contribution in [0.2, 0.25) is 0 Å². The molecule has 3 aromatic rings. The number of hydrogen-bond acceptors (Lipinski definition) is 4. The Hall–Kier alpha value is -2.97. The zero-order valence-electron chi connectivity index (χ0n) is 12.0. The van der Waals surface area contributed by atoms with Crippen molar-refractivity contribution in [3.63, 3.8) is 0 Å². The third kappa shape index (κ3) is 3.50. The molecule has 0 radical (unpaired) electrons. The maximum Gasteiger partial charge on any atom is 0.419 e. The lowest BCUT2D eigenvalue weighted by Crippen LogP contribution is -2.08. The first-order valence-corrected chi connectivity index (χ1v) is 6.76. The fourth-order valence-corrected chi connectivity index (χ4v) is 2.07. The quantitative estimate of drug-likeness (QED) is 0.738. The number of rotatable bonds is 4. The van der Waals surface area contributed by atoms with Crippen LogP contribution in [-0.4, -0.2) is 20.6 Å². The Morgan fingerprint density at radius 2 is 1.92 bits per heavy atom. The molecule has 0 amide bonds. The van der Waals surface area contributed by atoms with E-state index in [9.17, 15) is 17.6 Å². The van der Waals surface area contributed by atoms with Crippen LogP contribution in [0.25, 0.3) is 11.4 Å². The summed E-state index contributed by atoms with van der Waals surface area (Å²) in [6, 6.07) is 9.46. The third-order valence-corrected chi connectivity index (χ3v) is 3.18. The van der Waals surface area contributed by atoms with Gasteiger partial charge in [0.05, 0.1) is 5.56 Å². The first-order chi connectivity index (χ1) is 11.4. The summed E-state index contributed by atoms with van der Waals surface area (Å²) >= 11 is 0. The van der Waals surface area contributed by atoms with E-state index in [0.29, 0.717) is 23.5 Å². The van der Waals surface area contributed by atoms with E-state index in [4.69, 9.17) is 4.74 Å². The minimum Gasteiger partial charge on any atom is -0.489 e. The second kappa shape index (κ2) is 6.26. The molecule has 0 bridgehead atoms. The Morgan fingerprint density at radius 1 is 1.08 bits per heavy atom. The Labute approximate surface area is 133 Å². The lowest BCUT2D eigenvalue weighted by Gasteiger charge is -2.11. The highest BCUT2D eigenvalue weighted by Gasteiger charge is 2.34. The summed E-state index contributed by atoms with van der Waals surface area (Å²) in [6.45, 7) is 0.0521. The minimum absolute atomic E-state index is 0.00506. The average molecular weight is 338 g/mol. The molecule has 0 aliphatic heterocycles. The molecule has 0 unspecified atom stereocenters. The largest absolute Gasteiger partial charge is 0.489 e. The van der Waals surface area contributed by atoms with E-state index in [0.717, 1.165) is 11.6 Å². The number of alkyl halides is 3. The topological polar surface area (TPSA) is 63.7 Å². The van der Waals surface area contributed by atoms with Gasteiger partial charge in [0, 0.05) is 11.6 Å². The van der Waals surface area contributed by atoms with Crippen molar-refractivity contribution in [2.75, 3.05) is 0 Å². The predicted molar refractivity (Wildman–Crippen MR) is 75.3 cm³/mol. The fraction of sp³-hybridized carbons (Fsp3) is 0.133. The van der Waals surface area contributed by atoms with Gasteiger partial charge >= 0.3 is 6.18 Å². The zero-order valence-corrected chi connectivity index (χ0v) is 12.0. The molecule has 5 nitrogen and oxygen atoms in total. The number of nitrogens with one attached hydrogen (secondary N) is 1. The molecular weight excluding hydrogens is 328 g/mol.